The lowest BCUT2D eigenvalue weighted by atomic mass is 9.90. The van der Waals surface area contributed by atoms with E-state index in [1.54, 1.807) is 16.9 Å². The first-order valence-electron chi connectivity index (χ1n) is 8.36. The molecule has 7 nitrogen and oxygen atoms in total. The maximum absolute atomic E-state index is 15.2. The molecule has 26 heavy (non-hydrogen) atoms. The molecule has 2 fully saturated rings. The predicted molar refractivity (Wildman–Crippen MR) is 94.8 cm³/mol. The number of piperidine rings is 1. The Bertz CT molecular complexity index is 1000. The number of nitrogens with zero attached hydrogens (tertiary/aromatic N) is 1. The molecule has 0 bridgehead atoms. The van der Waals surface area contributed by atoms with Crippen LogP contribution in [-0.2, 0) is 15.0 Å². The van der Waals surface area contributed by atoms with Crippen LogP contribution in [0.25, 0.3) is 10.8 Å². The van der Waals surface area contributed by atoms with Crippen LogP contribution in [0.15, 0.2) is 24.3 Å². The Hall–Kier alpha value is -2.39. The van der Waals surface area contributed by atoms with Gasteiger partial charge in [-0.2, -0.15) is 8.42 Å². The van der Waals surface area contributed by atoms with Gasteiger partial charge in [0.25, 0.3) is 5.91 Å². The highest BCUT2D eigenvalue weighted by Crippen LogP contribution is 2.39. The van der Waals surface area contributed by atoms with Gasteiger partial charge in [0.1, 0.15) is 18.0 Å². The summed E-state index contributed by atoms with van der Waals surface area (Å²) in [6, 6.07) is 6.63. The number of anilines is 1. The summed E-state index contributed by atoms with van der Waals surface area (Å²) in [5.74, 6) is -1.90. The number of hydrogen-bond acceptors (Lipinski definition) is 5. The number of phenols is 1. The van der Waals surface area contributed by atoms with Crippen LogP contribution in [0.3, 0.4) is 0 Å². The van der Waals surface area contributed by atoms with Crippen molar-refractivity contribution in [1.29, 1.82) is 0 Å². The van der Waals surface area contributed by atoms with Gasteiger partial charge in [-0.25, -0.2) is 13.4 Å². The highest BCUT2D eigenvalue weighted by Gasteiger charge is 2.37. The molecule has 4 rings (SSSR count). The molecule has 0 spiro atoms. The summed E-state index contributed by atoms with van der Waals surface area (Å²) in [4.78, 5) is 11.4. The first kappa shape index (κ1) is 17.0. The van der Waals surface area contributed by atoms with Crippen molar-refractivity contribution in [2.24, 2.45) is 0 Å². The summed E-state index contributed by atoms with van der Waals surface area (Å²) < 4.78 is 41.6. The molecule has 1 unspecified atom stereocenters. The monoisotopic (exact) mass is 379 g/mol. The number of rotatable bonds is 2. The fraction of sp³-hybridized carbons (Fsp3) is 0.353. The number of benzene rings is 2. The zero-order chi connectivity index (χ0) is 18.5. The van der Waals surface area contributed by atoms with Gasteiger partial charge in [-0.15, -0.1) is 0 Å². The predicted octanol–water partition coefficient (Wildman–Crippen LogP) is 1.33. The summed E-state index contributed by atoms with van der Waals surface area (Å²) in [5.41, 5.74) is 0.452. The van der Waals surface area contributed by atoms with E-state index in [-0.39, 0.29) is 11.3 Å². The molecule has 0 aromatic heterocycles. The van der Waals surface area contributed by atoms with E-state index in [1.165, 1.54) is 6.07 Å². The smallest absolute Gasteiger partial charge is 0.326 e. The molecule has 0 radical (unpaired) electrons. The fourth-order valence-corrected chi connectivity index (χ4v) is 4.78. The summed E-state index contributed by atoms with van der Waals surface area (Å²) in [5, 5.41) is 14.2. The number of fused-ring (bicyclic) bond motifs is 1. The Balaban J connectivity index is 1.85. The molecule has 1 atom stereocenters. The van der Waals surface area contributed by atoms with Crippen LogP contribution < -0.4 is 14.3 Å². The number of hydrogen-bond donors (Lipinski definition) is 3. The normalized spacial score (nSPS) is 22.6. The van der Waals surface area contributed by atoms with Crippen molar-refractivity contribution in [3.8, 4) is 5.75 Å². The van der Waals surface area contributed by atoms with Crippen molar-refractivity contribution >= 4 is 32.6 Å². The number of nitrogens with one attached hydrogen (secondary N) is 2. The highest BCUT2D eigenvalue weighted by atomic mass is 32.2. The highest BCUT2D eigenvalue weighted by molar-refractivity contribution is 7.92. The van der Waals surface area contributed by atoms with E-state index in [9.17, 15) is 18.3 Å². The van der Waals surface area contributed by atoms with Gasteiger partial charge < -0.3 is 10.4 Å². The minimum absolute atomic E-state index is 0.218. The van der Waals surface area contributed by atoms with E-state index < -0.39 is 39.9 Å². The van der Waals surface area contributed by atoms with Gasteiger partial charge in [0.2, 0.25) is 0 Å². The number of carbonyl (C=O) groups excluding carboxylic acids is 1. The molecule has 2 aromatic carbocycles. The second-order valence-electron chi connectivity index (χ2n) is 6.62. The molecular formula is C17H18FN3O4S. The van der Waals surface area contributed by atoms with Crippen molar-refractivity contribution in [2.75, 3.05) is 23.9 Å². The number of phenolic OH excluding ortho intramolecular Hbond substituents is 1. The third-order valence-electron chi connectivity index (χ3n) is 4.89. The van der Waals surface area contributed by atoms with Crippen LogP contribution in [0.1, 0.15) is 24.3 Å². The first-order valence-corrected chi connectivity index (χ1v) is 9.80. The molecule has 2 saturated heterocycles. The SMILES string of the molecule is O=C1CN(c2c(O)cc3ccc(C4CCCNC4)cc3c2F)S(=O)(=O)N1. The van der Waals surface area contributed by atoms with Gasteiger partial charge in [0.15, 0.2) is 5.82 Å². The van der Waals surface area contributed by atoms with E-state index >= 15 is 4.39 Å². The maximum atomic E-state index is 15.2. The molecule has 2 aliphatic heterocycles. The second-order valence-corrected chi connectivity index (χ2v) is 8.21. The molecule has 2 aliphatic rings. The van der Waals surface area contributed by atoms with Gasteiger partial charge in [-0.05, 0) is 48.4 Å². The van der Waals surface area contributed by atoms with Gasteiger partial charge in [-0.3, -0.25) is 4.79 Å². The number of carbonyl (C=O) groups is 1. The number of halogens is 1. The number of amides is 1. The lowest BCUT2D eigenvalue weighted by molar-refractivity contribution is -0.117. The summed E-state index contributed by atoms with van der Waals surface area (Å²) >= 11 is 0. The Morgan fingerprint density at radius 1 is 1.27 bits per heavy atom. The van der Waals surface area contributed by atoms with Crippen molar-refractivity contribution in [2.45, 2.75) is 18.8 Å². The van der Waals surface area contributed by atoms with Crippen molar-refractivity contribution in [3.63, 3.8) is 0 Å². The molecule has 2 aromatic rings. The number of aromatic hydroxyl groups is 1. The fourth-order valence-electron chi connectivity index (χ4n) is 3.62. The van der Waals surface area contributed by atoms with Crippen LogP contribution in [0.2, 0.25) is 0 Å². The topological polar surface area (TPSA) is 98.7 Å². The zero-order valence-corrected chi connectivity index (χ0v) is 14.6. The quantitative estimate of drug-likeness (QED) is 0.731. The lowest BCUT2D eigenvalue weighted by Crippen LogP contribution is -2.30. The molecule has 138 valence electrons. The largest absolute Gasteiger partial charge is 0.506 e. The average molecular weight is 379 g/mol. The Morgan fingerprint density at radius 3 is 2.73 bits per heavy atom. The van der Waals surface area contributed by atoms with E-state index in [0.717, 1.165) is 31.5 Å². The van der Waals surface area contributed by atoms with E-state index in [0.29, 0.717) is 9.69 Å². The third-order valence-corrected chi connectivity index (χ3v) is 6.27. The average Bonchev–Trinajstić information content (AvgIpc) is 2.88. The van der Waals surface area contributed by atoms with E-state index in [2.05, 4.69) is 5.32 Å². The van der Waals surface area contributed by atoms with Crippen LogP contribution in [0, 0.1) is 5.82 Å². The summed E-state index contributed by atoms with van der Waals surface area (Å²) in [7, 11) is -4.21. The Morgan fingerprint density at radius 2 is 2.08 bits per heavy atom. The molecule has 0 saturated carbocycles. The standard InChI is InChI=1S/C17H18FN3O4S/c18-16-13-6-10(12-2-1-5-19-8-12)3-4-11(13)7-14(22)17(16)21-9-15(23)20-26(21,24)25/h3-4,6-7,12,19,22H,1-2,5,8-9H2,(H,20,23). The third kappa shape index (κ3) is 2.77. The zero-order valence-electron chi connectivity index (χ0n) is 13.8. The van der Waals surface area contributed by atoms with Crippen LogP contribution >= 0.6 is 0 Å². The van der Waals surface area contributed by atoms with Gasteiger partial charge in [0.05, 0.1) is 0 Å². The van der Waals surface area contributed by atoms with Crippen LogP contribution in [-0.4, -0.2) is 39.1 Å². The molecule has 9 heteroatoms. The summed E-state index contributed by atoms with van der Waals surface area (Å²) in [6.07, 6.45) is 2.02. The maximum Gasteiger partial charge on any atom is 0.326 e. The minimum atomic E-state index is -4.21. The van der Waals surface area contributed by atoms with Crippen molar-refractivity contribution in [1.82, 2.24) is 10.0 Å². The molecular weight excluding hydrogens is 361 g/mol. The molecule has 2 heterocycles. The Kier molecular flexibility index (Phi) is 4.00. The Labute approximate surface area is 150 Å². The van der Waals surface area contributed by atoms with Crippen molar-refractivity contribution in [3.05, 3.63) is 35.6 Å². The van der Waals surface area contributed by atoms with Gasteiger partial charge >= 0.3 is 10.2 Å². The minimum Gasteiger partial charge on any atom is -0.506 e. The van der Waals surface area contributed by atoms with E-state index in [4.69, 9.17) is 0 Å². The summed E-state index contributed by atoms with van der Waals surface area (Å²) in [6.45, 7) is 1.20. The van der Waals surface area contributed by atoms with Gasteiger partial charge in [0, 0.05) is 11.9 Å². The van der Waals surface area contributed by atoms with Crippen LogP contribution in [0.5, 0.6) is 5.75 Å². The van der Waals surface area contributed by atoms with Crippen LogP contribution in [0.4, 0.5) is 10.1 Å². The molecule has 1 amide bonds. The van der Waals surface area contributed by atoms with Crippen molar-refractivity contribution < 1.29 is 22.7 Å². The van der Waals surface area contributed by atoms with Gasteiger partial charge in [-0.1, -0.05) is 12.1 Å². The lowest BCUT2D eigenvalue weighted by Gasteiger charge is -2.24. The first-order chi connectivity index (χ1) is 12.4. The molecule has 0 aliphatic carbocycles. The molecule has 3 N–H and O–H groups in total. The van der Waals surface area contributed by atoms with E-state index in [1.807, 2.05) is 6.07 Å². The second kappa shape index (κ2) is 6.10.